The normalized spacial score (nSPS) is 14.9. The van der Waals surface area contributed by atoms with Crippen molar-refractivity contribution in [2.24, 2.45) is 0 Å². The van der Waals surface area contributed by atoms with E-state index in [0.717, 1.165) is 30.8 Å². The number of nitrogens with one attached hydrogen (secondary N) is 1. The minimum absolute atomic E-state index is 0.00751. The number of likely N-dealkylation sites (tertiary alicyclic amines) is 1. The van der Waals surface area contributed by atoms with Crippen molar-refractivity contribution in [1.29, 1.82) is 0 Å². The topological polar surface area (TPSA) is 67.3 Å². The summed E-state index contributed by atoms with van der Waals surface area (Å²) in [5, 5.41) is 3.01. The van der Waals surface area contributed by atoms with E-state index in [1.165, 1.54) is 5.56 Å². The number of piperidine rings is 1. The SMILES string of the molecule is Cc1cc(OC2CCN(C(=O)NCCc3ccccc3)CC2)nc(C)n1. The lowest BCUT2D eigenvalue weighted by molar-refractivity contribution is 0.107. The van der Waals surface area contributed by atoms with Crippen molar-refractivity contribution >= 4 is 6.03 Å². The molecular formula is C20H26N4O2. The summed E-state index contributed by atoms with van der Waals surface area (Å²) in [6.07, 6.45) is 2.57. The van der Waals surface area contributed by atoms with Crippen molar-refractivity contribution in [2.75, 3.05) is 19.6 Å². The highest BCUT2D eigenvalue weighted by Crippen LogP contribution is 2.18. The van der Waals surface area contributed by atoms with Gasteiger partial charge in [-0.25, -0.2) is 9.78 Å². The first-order chi connectivity index (χ1) is 12.6. The number of benzene rings is 1. The predicted octanol–water partition coefficient (Wildman–Crippen LogP) is 2.89. The van der Waals surface area contributed by atoms with E-state index in [4.69, 9.17) is 4.74 Å². The van der Waals surface area contributed by atoms with Gasteiger partial charge >= 0.3 is 6.03 Å². The number of ether oxygens (including phenoxy) is 1. The second-order valence-corrected chi connectivity index (χ2v) is 6.67. The van der Waals surface area contributed by atoms with Crippen molar-refractivity contribution in [3.05, 3.63) is 53.5 Å². The molecule has 1 aliphatic heterocycles. The average molecular weight is 354 g/mol. The minimum Gasteiger partial charge on any atom is -0.474 e. The van der Waals surface area contributed by atoms with Crippen LogP contribution in [0.3, 0.4) is 0 Å². The van der Waals surface area contributed by atoms with Crippen LogP contribution in [-0.4, -0.2) is 46.6 Å². The summed E-state index contributed by atoms with van der Waals surface area (Å²) in [5.41, 5.74) is 2.14. The fourth-order valence-electron chi connectivity index (χ4n) is 3.16. The highest BCUT2D eigenvalue weighted by atomic mass is 16.5. The Labute approximate surface area is 154 Å². The van der Waals surface area contributed by atoms with Crippen molar-refractivity contribution in [3.8, 4) is 5.88 Å². The molecule has 1 aliphatic rings. The Morgan fingerprint density at radius 2 is 1.92 bits per heavy atom. The smallest absolute Gasteiger partial charge is 0.317 e. The van der Waals surface area contributed by atoms with Crippen LogP contribution in [-0.2, 0) is 6.42 Å². The maximum absolute atomic E-state index is 12.3. The molecule has 6 heteroatoms. The number of amides is 2. The molecule has 0 unspecified atom stereocenters. The summed E-state index contributed by atoms with van der Waals surface area (Å²) < 4.78 is 5.97. The van der Waals surface area contributed by atoms with Gasteiger partial charge in [0.05, 0.1) is 0 Å². The standard InChI is InChI=1S/C20H26N4O2/c1-15-14-19(23-16(2)22-15)26-18-9-12-24(13-10-18)20(25)21-11-8-17-6-4-3-5-7-17/h3-7,14,18H,8-13H2,1-2H3,(H,21,25). The monoisotopic (exact) mass is 354 g/mol. The molecule has 6 nitrogen and oxygen atoms in total. The Morgan fingerprint density at radius 3 is 2.62 bits per heavy atom. The number of urea groups is 1. The largest absolute Gasteiger partial charge is 0.474 e. The van der Waals surface area contributed by atoms with E-state index in [1.807, 2.05) is 43.0 Å². The van der Waals surface area contributed by atoms with Gasteiger partial charge in [-0.2, -0.15) is 4.98 Å². The molecule has 0 radical (unpaired) electrons. The Morgan fingerprint density at radius 1 is 1.19 bits per heavy atom. The van der Waals surface area contributed by atoms with Gasteiger partial charge in [-0.3, -0.25) is 0 Å². The lowest BCUT2D eigenvalue weighted by Crippen LogP contribution is -2.46. The predicted molar refractivity (Wildman–Crippen MR) is 100 cm³/mol. The summed E-state index contributed by atoms with van der Waals surface area (Å²) >= 11 is 0. The molecule has 1 N–H and O–H groups in total. The fourth-order valence-corrected chi connectivity index (χ4v) is 3.16. The van der Waals surface area contributed by atoms with Crippen LogP contribution in [0.25, 0.3) is 0 Å². The van der Waals surface area contributed by atoms with E-state index in [0.29, 0.717) is 25.5 Å². The quantitative estimate of drug-likeness (QED) is 0.896. The zero-order valence-electron chi connectivity index (χ0n) is 15.4. The molecule has 0 bridgehead atoms. The summed E-state index contributed by atoms with van der Waals surface area (Å²) in [6.45, 7) is 5.85. The van der Waals surface area contributed by atoms with Crippen LogP contribution in [0.4, 0.5) is 4.79 Å². The molecule has 2 aromatic rings. The van der Waals surface area contributed by atoms with Gasteiger partial charge in [0, 0.05) is 44.2 Å². The van der Waals surface area contributed by atoms with Crippen LogP contribution in [0.5, 0.6) is 5.88 Å². The molecular weight excluding hydrogens is 328 g/mol. The van der Waals surface area contributed by atoms with Gasteiger partial charge in [0.15, 0.2) is 0 Å². The van der Waals surface area contributed by atoms with E-state index in [2.05, 4.69) is 27.4 Å². The Bertz CT molecular complexity index is 708. The third-order valence-corrected chi connectivity index (χ3v) is 4.49. The van der Waals surface area contributed by atoms with Gasteiger partial charge in [0.25, 0.3) is 0 Å². The highest BCUT2D eigenvalue weighted by Gasteiger charge is 2.24. The highest BCUT2D eigenvalue weighted by molar-refractivity contribution is 5.74. The van der Waals surface area contributed by atoms with E-state index in [1.54, 1.807) is 0 Å². The molecule has 1 aromatic heterocycles. The maximum Gasteiger partial charge on any atom is 0.317 e. The number of carbonyl (C=O) groups excluding carboxylic acids is 1. The zero-order chi connectivity index (χ0) is 18.4. The second kappa shape index (κ2) is 8.65. The molecule has 138 valence electrons. The van der Waals surface area contributed by atoms with Gasteiger partial charge in [-0.05, 0) is 25.8 Å². The second-order valence-electron chi connectivity index (χ2n) is 6.67. The Balaban J connectivity index is 1.40. The third kappa shape index (κ3) is 5.18. The van der Waals surface area contributed by atoms with Gasteiger partial charge in [0.2, 0.25) is 5.88 Å². The molecule has 0 atom stereocenters. The molecule has 3 rings (SSSR count). The molecule has 2 amide bonds. The number of hydrogen-bond acceptors (Lipinski definition) is 4. The Hall–Kier alpha value is -2.63. The number of carbonyl (C=O) groups is 1. The first-order valence-corrected chi connectivity index (χ1v) is 9.16. The molecule has 1 aromatic carbocycles. The average Bonchev–Trinajstić information content (AvgIpc) is 2.62. The van der Waals surface area contributed by atoms with Gasteiger partial charge in [0.1, 0.15) is 11.9 Å². The number of rotatable bonds is 5. The fraction of sp³-hybridized carbons (Fsp3) is 0.450. The molecule has 2 heterocycles. The van der Waals surface area contributed by atoms with Gasteiger partial charge < -0.3 is 15.0 Å². The summed E-state index contributed by atoms with van der Waals surface area (Å²) in [7, 11) is 0. The van der Waals surface area contributed by atoms with Gasteiger partial charge in [-0.15, -0.1) is 0 Å². The van der Waals surface area contributed by atoms with E-state index >= 15 is 0 Å². The summed E-state index contributed by atoms with van der Waals surface area (Å²) in [6, 6.07) is 12.0. The first kappa shape index (κ1) is 18.2. The molecule has 0 saturated carbocycles. The first-order valence-electron chi connectivity index (χ1n) is 9.16. The molecule has 1 saturated heterocycles. The lowest BCUT2D eigenvalue weighted by atomic mass is 10.1. The Kier molecular flexibility index (Phi) is 6.04. The lowest BCUT2D eigenvalue weighted by Gasteiger charge is -2.32. The van der Waals surface area contributed by atoms with Crippen LogP contribution >= 0.6 is 0 Å². The van der Waals surface area contributed by atoms with Crippen molar-refractivity contribution in [1.82, 2.24) is 20.2 Å². The minimum atomic E-state index is 0.00751. The van der Waals surface area contributed by atoms with Crippen LogP contribution in [0, 0.1) is 13.8 Å². The zero-order valence-corrected chi connectivity index (χ0v) is 15.4. The molecule has 1 fully saturated rings. The van der Waals surface area contributed by atoms with E-state index in [9.17, 15) is 4.79 Å². The molecule has 26 heavy (non-hydrogen) atoms. The van der Waals surface area contributed by atoms with E-state index < -0.39 is 0 Å². The van der Waals surface area contributed by atoms with Crippen molar-refractivity contribution in [2.45, 2.75) is 39.2 Å². The summed E-state index contributed by atoms with van der Waals surface area (Å²) in [5.74, 6) is 1.34. The molecule has 0 aliphatic carbocycles. The number of hydrogen-bond donors (Lipinski definition) is 1. The third-order valence-electron chi connectivity index (χ3n) is 4.49. The molecule has 0 spiro atoms. The number of aromatic nitrogens is 2. The van der Waals surface area contributed by atoms with Crippen molar-refractivity contribution in [3.63, 3.8) is 0 Å². The van der Waals surface area contributed by atoms with Crippen LogP contribution < -0.4 is 10.1 Å². The number of aryl methyl sites for hydroxylation is 2. The maximum atomic E-state index is 12.3. The summed E-state index contributed by atoms with van der Waals surface area (Å²) in [4.78, 5) is 22.7. The van der Waals surface area contributed by atoms with Crippen molar-refractivity contribution < 1.29 is 9.53 Å². The van der Waals surface area contributed by atoms with E-state index in [-0.39, 0.29) is 12.1 Å². The van der Waals surface area contributed by atoms with Gasteiger partial charge in [-0.1, -0.05) is 30.3 Å². The number of nitrogens with zero attached hydrogens (tertiary/aromatic N) is 3. The van der Waals surface area contributed by atoms with Crippen LogP contribution in [0.2, 0.25) is 0 Å². The van der Waals surface area contributed by atoms with Crippen LogP contribution in [0.15, 0.2) is 36.4 Å². The van der Waals surface area contributed by atoms with Crippen LogP contribution in [0.1, 0.15) is 29.9 Å².